The first kappa shape index (κ1) is 11.9. The molecular weight excluding hydrogens is 262 g/mol. The Morgan fingerprint density at radius 2 is 2.00 bits per heavy atom. The predicted molar refractivity (Wildman–Crippen MR) is 74.9 cm³/mol. The fourth-order valence-electron chi connectivity index (χ4n) is 2.06. The van der Waals surface area contributed by atoms with Gasteiger partial charge in [-0.2, -0.15) is 0 Å². The second kappa shape index (κ2) is 4.48. The first-order valence-electron chi connectivity index (χ1n) is 5.78. The molecule has 0 unspecified atom stereocenters. The highest BCUT2D eigenvalue weighted by atomic mass is 35.5. The Hall–Kier alpha value is -2.20. The van der Waals surface area contributed by atoms with Crippen LogP contribution >= 0.6 is 11.6 Å². The van der Waals surface area contributed by atoms with Gasteiger partial charge in [-0.1, -0.05) is 23.7 Å². The van der Waals surface area contributed by atoms with Crippen LogP contribution in [0.5, 0.6) is 0 Å². The summed E-state index contributed by atoms with van der Waals surface area (Å²) in [6, 6.07) is 10.6. The lowest BCUT2D eigenvalue weighted by Crippen LogP contribution is -2.23. The SMILES string of the molecule is Cc1nc2cccc(Cl)c2c(=O)n1-c1ccccn1. The highest BCUT2D eigenvalue weighted by Crippen LogP contribution is 2.19. The Labute approximate surface area is 114 Å². The molecular formula is C14H10ClN3O. The van der Waals surface area contributed by atoms with Crippen molar-refractivity contribution in [3.63, 3.8) is 0 Å². The van der Waals surface area contributed by atoms with Crippen LogP contribution in [0.25, 0.3) is 16.7 Å². The molecule has 0 spiro atoms. The molecule has 3 aromatic rings. The lowest BCUT2D eigenvalue weighted by atomic mass is 10.2. The molecule has 2 heterocycles. The zero-order chi connectivity index (χ0) is 13.4. The molecule has 3 rings (SSSR count). The maximum absolute atomic E-state index is 12.6. The van der Waals surface area contributed by atoms with Crippen molar-refractivity contribution in [1.29, 1.82) is 0 Å². The van der Waals surface area contributed by atoms with Crippen molar-refractivity contribution in [2.75, 3.05) is 0 Å². The fraction of sp³-hybridized carbons (Fsp3) is 0.0714. The summed E-state index contributed by atoms with van der Waals surface area (Å²) < 4.78 is 1.47. The van der Waals surface area contributed by atoms with Crippen LogP contribution in [0.15, 0.2) is 47.4 Å². The lowest BCUT2D eigenvalue weighted by molar-refractivity contribution is 0.864. The van der Waals surface area contributed by atoms with E-state index in [1.54, 1.807) is 43.5 Å². The van der Waals surface area contributed by atoms with Crippen LogP contribution in [0, 0.1) is 6.92 Å². The van der Waals surface area contributed by atoms with Gasteiger partial charge in [0.1, 0.15) is 11.6 Å². The number of hydrogen-bond donors (Lipinski definition) is 0. The molecule has 4 nitrogen and oxygen atoms in total. The van der Waals surface area contributed by atoms with Crippen LogP contribution in [0.1, 0.15) is 5.82 Å². The van der Waals surface area contributed by atoms with E-state index in [0.717, 1.165) is 0 Å². The van der Waals surface area contributed by atoms with Crippen LogP contribution in [-0.2, 0) is 0 Å². The first-order chi connectivity index (χ1) is 9.18. The molecule has 0 saturated heterocycles. The molecule has 0 bridgehead atoms. The number of hydrogen-bond acceptors (Lipinski definition) is 3. The first-order valence-corrected chi connectivity index (χ1v) is 6.15. The van der Waals surface area contributed by atoms with Crippen LogP contribution < -0.4 is 5.56 Å². The summed E-state index contributed by atoms with van der Waals surface area (Å²) in [6.45, 7) is 1.77. The summed E-state index contributed by atoms with van der Waals surface area (Å²) in [5, 5.41) is 0.820. The van der Waals surface area contributed by atoms with Gasteiger partial charge < -0.3 is 0 Å². The molecule has 5 heteroatoms. The van der Waals surface area contributed by atoms with Gasteiger partial charge in [0, 0.05) is 6.20 Å². The van der Waals surface area contributed by atoms with Gasteiger partial charge in [-0.25, -0.2) is 14.5 Å². The Kier molecular flexibility index (Phi) is 2.80. The smallest absolute Gasteiger partial charge is 0.268 e. The van der Waals surface area contributed by atoms with E-state index in [9.17, 15) is 4.79 Å². The summed E-state index contributed by atoms with van der Waals surface area (Å²) in [7, 11) is 0. The van der Waals surface area contributed by atoms with E-state index in [4.69, 9.17) is 11.6 Å². The highest BCUT2D eigenvalue weighted by Gasteiger charge is 2.12. The average Bonchev–Trinajstić information content (AvgIpc) is 2.39. The summed E-state index contributed by atoms with van der Waals surface area (Å²) in [5.74, 6) is 1.12. The summed E-state index contributed by atoms with van der Waals surface area (Å²) >= 11 is 6.10. The summed E-state index contributed by atoms with van der Waals surface area (Å²) in [4.78, 5) is 21.2. The van der Waals surface area contributed by atoms with Crippen LogP contribution in [0.3, 0.4) is 0 Å². The van der Waals surface area contributed by atoms with Gasteiger partial charge in [0.2, 0.25) is 0 Å². The molecule has 0 saturated carbocycles. The van der Waals surface area contributed by atoms with Crippen molar-refractivity contribution < 1.29 is 0 Å². The number of aryl methyl sites for hydroxylation is 1. The van der Waals surface area contributed by atoms with E-state index >= 15 is 0 Å². The quantitative estimate of drug-likeness (QED) is 0.684. The Bertz CT molecular complexity index is 812. The van der Waals surface area contributed by atoms with E-state index < -0.39 is 0 Å². The van der Waals surface area contributed by atoms with E-state index in [2.05, 4.69) is 9.97 Å². The normalized spacial score (nSPS) is 10.8. The molecule has 0 aliphatic carbocycles. The molecule has 2 aromatic heterocycles. The van der Waals surface area contributed by atoms with Crippen LogP contribution in [0.2, 0.25) is 5.02 Å². The van der Waals surface area contributed by atoms with Gasteiger partial charge in [0.05, 0.1) is 15.9 Å². The minimum atomic E-state index is -0.202. The standard InChI is InChI=1S/C14H10ClN3O/c1-9-17-11-6-4-5-10(15)13(11)14(19)18(9)12-7-2-3-8-16-12/h2-8H,1H3. The molecule has 0 amide bonds. The van der Waals surface area contributed by atoms with E-state index in [1.165, 1.54) is 4.57 Å². The van der Waals surface area contributed by atoms with Crippen molar-refractivity contribution in [2.45, 2.75) is 6.92 Å². The van der Waals surface area contributed by atoms with Gasteiger partial charge in [-0.3, -0.25) is 4.79 Å². The third-order valence-electron chi connectivity index (χ3n) is 2.89. The molecule has 0 atom stereocenters. The maximum atomic E-state index is 12.6. The third-order valence-corrected chi connectivity index (χ3v) is 3.21. The number of nitrogens with zero attached hydrogens (tertiary/aromatic N) is 3. The molecule has 19 heavy (non-hydrogen) atoms. The lowest BCUT2D eigenvalue weighted by Gasteiger charge is -2.10. The minimum absolute atomic E-state index is 0.202. The van der Waals surface area contributed by atoms with Gasteiger partial charge in [0.15, 0.2) is 0 Å². The second-order valence-corrected chi connectivity index (χ2v) is 4.53. The van der Waals surface area contributed by atoms with Gasteiger partial charge in [-0.05, 0) is 31.2 Å². The molecule has 1 aromatic carbocycles. The fourth-order valence-corrected chi connectivity index (χ4v) is 2.31. The molecule has 0 aliphatic rings. The van der Waals surface area contributed by atoms with Crippen molar-refractivity contribution in [1.82, 2.24) is 14.5 Å². The van der Waals surface area contributed by atoms with Crippen molar-refractivity contribution in [3.05, 3.63) is 63.8 Å². The number of pyridine rings is 1. The third kappa shape index (κ3) is 1.90. The zero-order valence-electron chi connectivity index (χ0n) is 10.2. The van der Waals surface area contributed by atoms with Crippen molar-refractivity contribution in [3.8, 4) is 5.82 Å². The minimum Gasteiger partial charge on any atom is -0.268 e. The monoisotopic (exact) mass is 271 g/mol. The Morgan fingerprint density at radius 3 is 2.74 bits per heavy atom. The largest absolute Gasteiger partial charge is 0.268 e. The Morgan fingerprint density at radius 1 is 1.16 bits per heavy atom. The van der Waals surface area contributed by atoms with Crippen LogP contribution in [-0.4, -0.2) is 14.5 Å². The van der Waals surface area contributed by atoms with E-state index in [0.29, 0.717) is 27.6 Å². The average molecular weight is 272 g/mol. The predicted octanol–water partition coefficient (Wildman–Crippen LogP) is 2.74. The number of fused-ring (bicyclic) bond motifs is 1. The molecule has 0 radical (unpaired) electrons. The summed E-state index contributed by atoms with van der Waals surface area (Å²) in [5.41, 5.74) is 0.397. The van der Waals surface area contributed by atoms with Crippen molar-refractivity contribution >= 4 is 22.5 Å². The highest BCUT2D eigenvalue weighted by molar-refractivity contribution is 6.35. The molecule has 0 aliphatic heterocycles. The van der Waals surface area contributed by atoms with Crippen LogP contribution in [0.4, 0.5) is 0 Å². The van der Waals surface area contributed by atoms with E-state index in [-0.39, 0.29) is 5.56 Å². The molecule has 0 N–H and O–H groups in total. The maximum Gasteiger partial charge on any atom is 0.268 e. The molecule has 0 fully saturated rings. The zero-order valence-corrected chi connectivity index (χ0v) is 10.9. The van der Waals surface area contributed by atoms with Crippen molar-refractivity contribution in [2.24, 2.45) is 0 Å². The number of benzene rings is 1. The molecule has 94 valence electrons. The second-order valence-electron chi connectivity index (χ2n) is 4.12. The topological polar surface area (TPSA) is 47.8 Å². The van der Waals surface area contributed by atoms with Gasteiger partial charge in [0.25, 0.3) is 5.56 Å². The van der Waals surface area contributed by atoms with E-state index in [1.807, 2.05) is 6.07 Å². The number of rotatable bonds is 1. The number of halogens is 1. The number of aromatic nitrogens is 3. The van der Waals surface area contributed by atoms with Gasteiger partial charge >= 0.3 is 0 Å². The van der Waals surface area contributed by atoms with Gasteiger partial charge in [-0.15, -0.1) is 0 Å². The Balaban J connectivity index is 2.45. The summed E-state index contributed by atoms with van der Waals surface area (Å²) in [6.07, 6.45) is 1.64.